The second-order valence-corrected chi connectivity index (χ2v) is 8.67. The van der Waals surface area contributed by atoms with Crippen molar-refractivity contribution >= 4 is 0 Å². The molecule has 1 fully saturated rings. The van der Waals surface area contributed by atoms with Crippen LogP contribution < -0.4 is 0 Å². The van der Waals surface area contributed by atoms with Crippen molar-refractivity contribution in [3.05, 3.63) is 0 Å². The Hall–Kier alpha value is -0.120. The maximum atomic E-state index is 10.6. The van der Waals surface area contributed by atoms with Gasteiger partial charge in [-0.2, -0.15) is 0 Å². The van der Waals surface area contributed by atoms with Crippen molar-refractivity contribution in [1.29, 1.82) is 0 Å². The average Bonchev–Trinajstić information content (AvgIpc) is 2.67. The molecule has 162 valence electrons. The maximum absolute atomic E-state index is 10.6. The molecule has 1 N–H and O–H groups in total. The molecule has 2 atom stereocenters. The van der Waals surface area contributed by atoms with E-state index in [2.05, 4.69) is 20.8 Å². The average molecular weight is 385 g/mol. The van der Waals surface area contributed by atoms with Gasteiger partial charge in [0, 0.05) is 5.92 Å². The van der Waals surface area contributed by atoms with Gasteiger partial charge in [-0.1, -0.05) is 111 Å². The van der Waals surface area contributed by atoms with Gasteiger partial charge in [0.1, 0.15) is 0 Å². The zero-order valence-electron chi connectivity index (χ0n) is 18.6. The van der Waals surface area contributed by atoms with Gasteiger partial charge in [-0.25, -0.2) is 0 Å². The Kier molecular flexibility index (Phi) is 14.5. The lowest BCUT2D eigenvalue weighted by Crippen LogP contribution is -2.52. The predicted molar refractivity (Wildman–Crippen MR) is 115 cm³/mol. The van der Waals surface area contributed by atoms with Gasteiger partial charge in [0.05, 0.1) is 5.60 Å². The summed E-state index contributed by atoms with van der Waals surface area (Å²) in [6.45, 7) is 7.04. The molecule has 1 heterocycles. The summed E-state index contributed by atoms with van der Waals surface area (Å²) in [4.78, 5) is 0. The third kappa shape index (κ3) is 9.76. The number of aliphatic hydroxyl groups is 1. The lowest BCUT2D eigenvalue weighted by atomic mass is 9.75. The number of hydrogen-bond donors (Lipinski definition) is 1. The summed E-state index contributed by atoms with van der Waals surface area (Å²) in [6, 6.07) is 0. The highest BCUT2D eigenvalue weighted by Crippen LogP contribution is 2.42. The lowest BCUT2D eigenvalue weighted by Gasteiger charge is -2.46. The van der Waals surface area contributed by atoms with Crippen molar-refractivity contribution in [2.75, 3.05) is 6.79 Å². The highest BCUT2D eigenvalue weighted by Gasteiger charge is 2.45. The maximum Gasteiger partial charge on any atom is 0.162 e. The van der Waals surface area contributed by atoms with Crippen LogP contribution in [0.15, 0.2) is 0 Å². The monoisotopic (exact) mass is 384 g/mol. The first-order chi connectivity index (χ1) is 13.2. The summed E-state index contributed by atoms with van der Waals surface area (Å²) < 4.78 is 11.9. The molecule has 1 rings (SSSR count). The molecule has 0 aromatic heterocycles. The van der Waals surface area contributed by atoms with Crippen LogP contribution in [0.5, 0.6) is 0 Å². The number of ether oxygens (including phenoxy) is 2. The number of unbranched alkanes of at least 4 members (excludes halogenated alkanes) is 11. The van der Waals surface area contributed by atoms with Gasteiger partial charge >= 0.3 is 0 Å². The molecule has 1 aliphatic heterocycles. The van der Waals surface area contributed by atoms with E-state index < -0.39 is 6.29 Å². The first-order valence-corrected chi connectivity index (χ1v) is 12.1. The Bertz CT molecular complexity index is 318. The van der Waals surface area contributed by atoms with Crippen LogP contribution in [0.4, 0.5) is 0 Å². The predicted octanol–water partition coefficient (Wildman–Crippen LogP) is 7.36. The van der Waals surface area contributed by atoms with Crippen molar-refractivity contribution < 1.29 is 14.6 Å². The number of rotatable bonds is 17. The van der Waals surface area contributed by atoms with Gasteiger partial charge in [-0.15, -0.1) is 0 Å². The molecule has 0 bridgehead atoms. The van der Waals surface area contributed by atoms with Crippen LogP contribution in [-0.2, 0) is 9.47 Å². The Morgan fingerprint density at radius 3 is 1.70 bits per heavy atom. The second kappa shape index (κ2) is 15.8. The van der Waals surface area contributed by atoms with E-state index in [-0.39, 0.29) is 18.3 Å². The lowest BCUT2D eigenvalue weighted by molar-refractivity contribution is -0.314. The van der Waals surface area contributed by atoms with Crippen LogP contribution in [-0.4, -0.2) is 23.8 Å². The summed E-state index contributed by atoms with van der Waals surface area (Å²) in [5, 5.41) is 10.6. The van der Waals surface area contributed by atoms with Crippen LogP contribution in [0.3, 0.4) is 0 Å². The van der Waals surface area contributed by atoms with Crippen LogP contribution in [0.25, 0.3) is 0 Å². The zero-order chi connectivity index (χ0) is 19.8. The van der Waals surface area contributed by atoms with Gasteiger partial charge in [0.25, 0.3) is 0 Å². The molecule has 0 spiro atoms. The van der Waals surface area contributed by atoms with E-state index in [4.69, 9.17) is 9.47 Å². The molecule has 0 saturated carbocycles. The van der Waals surface area contributed by atoms with E-state index in [0.717, 1.165) is 19.3 Å². The van der Waals surface area contributed by atoms with Crippen LogP contribution in [0.2, 0.25) is 0 Å². The molecule has 1 saturated heterocycles. The fourth-order valence-corrected chi connectivity index (χ4v) is 4.60. The standard InChI is InChI=1S/C24H48O3/c1-4-7-10-13-16-19-24(20-17-14-11-8-5-2)22(18-15-12-9-6-3)23(25)26-21-27-24/h22-23,25H,4-21H2,1-3H3. The Morgan fingerprint density at radius 1 is 0.704 bits per heavy atom. The van der Waals surface area contributed by atoms with Gasteiger partial charge in [-0.05, 0) is 19.3 Å². The molecular formula is C24H48O3. The normalized spacial score (nSPS) is 22.2. The first kappa shape index (κ1) is 24.9. The summed E-state index contributed by atoms with van der Waals surface area (Å²) in [5.74, 6) is 0.139. The Morgan fingerprint density at radius 2 is 1.19 bits per heavy atom. The molecule has 27 heavy (non-hydrogen) atoms. The molecule has 0 aromatic rings. The molecule has 0 amide bonds. The smallest absolute Gasteiger partial charge is 0.162 e. The van der Waals surface area contributed by atoms with E-state index in [1.807, 2.05) is 0 Å². The van der Waals surface area contributed by atoms with E-state index >= 15 is 0 Å². The topological polar surface area (TPSA) is 38.7 Å². The van der Waals surface area contributed by atoms with Crippen LogP contribution >= 0.6 is 0 Å². The zero-order valence-corrected chi connectivity index (χ0v) is 18.6. The molecular weight excluding hydrogens is 336 g/mol. The minimum Gasteiger partial charge on any atom is -0.368 e. The first-order valence-electron chi connectivity index (χ1n) is 12.1. The summed E-state index contributed by atoms with van der Waals surface area (Å²) in [5.41, 5.74) is -0.164. The summed E-state index contributed by atoms with van der Waals surface area (Å²) in [7, 11) is 0. The summed E-state index contributed by atoms with van der Waals surface area (Å²) in [6.07, 6.45) is 20.4. The molecule has 3 heteroatoms. The van der Waals surface area contributed by atoms with Crippen molar-refractivity contribution in [2.45, 2.75) is 142 Å². The fourth-order valence-electron chi connectivity index (χ4n) is 4.60. The largest absolute Gasteiger partial charge is 0.368 e. The summed E-state index contributed by atoms with van der Waals surface area (Å²) >= 11 is 0. The minimum atomic E-state index is -0.647. The molecule has 0 aromatic carbocycles. The van der Waals surface area contributed by atoms with E-state index in [9.17, 15) is 5.11 Å². The van der Waals surface area contributed by atoms with E-state index in [1.54, 1.807) is 0 Å². The molecule has 1 aliphatic rings. The highest BCUT2D eigenvalue weighted by molar-refractivity contribution is 4.91. The van der Waals surface area contributed by atoms with Gasteiger partial charge < -0.3 is 14.6 Å². The third-order valence-electron chi connectivity index (χ3n) is 6.38. The van der Waals surface area contributed by atoms with Crippen LogP contribution in [0, 0.1) is 5.92 Å². The number of hydrogen-bond acceptors (Lipinski definition) is 3. The van der Waals surface area contributed by atoms with Gasteiger partial charge in [0.15, 0.2) is 13.1 Å². The van der Waals surface area contributed by atoms with Gasteiger partial charge in [0.2, 0.25) is 0 Å². The highest BCUT2D eigenvalue weighted by atomic mass is 16.7. The van der Waals surface area contributed by atoms with Crippen molar-refractivity contribution in [3.8, 4) is 0 Å². The number of aliphatic hydroxyl groups excluding tert-OH is 1. The Balaban J connectivity index is 2.66. The third-order valence-corrected chi connectivity index (χ3v) is 6.38. The van der Waals surface area contributed by atoms with Crippen molar-refractivity contribution in [1.82, 2.24) is 0 Å². The van der Waals surface area contributed by atoms with E-state index in [1.165, 1.54) is 89.9 Å². The molecule has 2 unspecified atom stereocenters. The fraction of sp³-hybridized carbons (Fsp3) is 1.00. The van der Waals surface area contributed by atoms with Gasteiger partial charge in [-0.3, -0.25) is 0 Å². The molecule has 3 nitrogen and oxygen atoms in total. The quantitative estimate of drug-likeness (QED) is 0.266. The van der Waals surface area contributed by atoms with Crippen LogP contribution in [0.1, 0.15) is 130 Å². The van der Waals surface area contributed by atoms with E-state index in [0.29, 0.717) is 0 Å². The molecule has 0 aliphatic carbocycles. The Labute approximate surface area is 169 Å². The van der Waals surface area contributed by atoms with Crippen molar-refractivity contribution in [3.63, 3.8) is 0 Å². The van der Waals surface area contributed by atoms with Crippen molar-refractivity contribution in [2.24, 2.45) is 5.92 Å². The second-order valence-electron chi connectivity index (χ2n) is 8.67. The minimum absolute atomic E-state index is 0.139. The SMILES string of the molecule is CCCCCCCC1(CCCCCCC)OCOC(O)C1CCCCCC. The molecule has 0 radical (unpaired) electrons.